The van der Waals surface area contributed by atoms with Gasteiger partial charge in [-0.25, -0.2) is 13.8 Å². The summed E-state index contributed by atoms with van der Waals surface area (Å²) in [6.45, 7) is 1.67. The fourth-order valence-corrected chi connectivity index (χ4v) is 4.30. The van der Waals surface area contributed by atoms with Crippen LogP contribution in [0, 0.1) is 11.6 Å². The van der Waals surface area contributed by atoms with Crippen LogP contribution in [-0.2, 0) is 0 Å². The Labute approximate surface area is 187 Å². The monoisotopic (exact) mass is 455 g/mol. The number of methoxy groups -OCH3 is 2. The Kier molecular flexibility index (Phi) is 5.37. The van der Waals surface area contributed by atoms with Gasteiger partial charge in [0.15, 0.2) is 23.1 Å². The van der Waals surface area contributed by atoms with E-state index in [4.69, 9.17) is 9.47 Å². The lowest BCUT2D eigenvalue weighted by Crippen LogP contribution is -2.38. The van der Waals surface area contributed by atoms with Gasteiger partial charge >= 0.3 is 0 Å². The van der Waals surface area contributed by atoms with Gasteiger partial charge in [-0.2, -0.15) is 0 Å². The Balaban J connectivity index is 1.77. The average molecular weight is 455 g/mol. The zero-order chi connectivity index (χ0) is 23.1. The standard InChI is InChI=1S/C23H23F2N5O3/c1-32-18-6-12-15(9-19(18)33-2)30-23(31)20(21(12)27-11-4-3-5-26-10-11)22-28-16-7-13(24)14(25)8-17(16)29-22/h6-9,11,26H,3-5,10H2,1-2H3,(H,28,29)(H2,27,30,31). The lowest BCUT2D eigenvalue weighted by atomic mass is 10.0. The van der Waals surface area contributed by atoms with Crippen LogP contribution in [0.5, 0.6) is 11.5 Å². The van der Waals surface area contributed by atoms with Crippen LogP contribution >= 0.6 is 0 Å². The molecule has 3 heterocycles. The number of piperidine rings is 1. The Morgan fingerprint density at radius 2 is 1.79 bits per heavy atom. The summed E-state index contributed by atoms with van der Waals surface area (Å²) >= 11 is 0. The van der Waals surface area contributed by atoms with Gasteiger partial charge in [0.25, 0.3) is 5.56 Å². The van der Waals surface area contributed by atoms with Crippen molar-refractivity contribution < 1.29 is 18.3 Å². The molecule has 0 bridgehead atoms. The molecule has 2 aromatic heterocycles. The largest absolute Gasteiger partial charge is 0.493 e. The summed E-state index contributed by atoms with van der Waals surface area (Å²) < 4.78 is 38.4. The molecule has 0 saturated carbocycles. The molecule has 4 aromatic rings. The quantitative estimate of drug-likeness (QED) is 0.367. The van der Waals surface area contributed by atoms with Crippen molar-refractivity contribution in [3.05, 3.63) is 46.3 Å². The molecule has 10 heteroatoms. The zero-order valence-corrected chi connectivity index (χ0v) is 18.1. The van der Waals surface area contributed by atoms with Gasteiger partial charge in [-0.05, 0) is 25.5 Å². The summed E-state index contributed by atoms with van der Waals surface area (Å²) in [7, 11) is 3.06. The molecule has 1 aliphatic rings. The van der Waals surface area contributed by atoms with E-state index in [0.717, 1.165) is 38.1 Å². The topological polar surface area (TPSA) is 104 Å². The zero-order valence-electron chi connectivity index (χ0n) is 18.1. The number of ether oxygens (including phenoxy) is 2. The number of nitrogens with zero attached hydrogens (tertiary/aromatic N) is 1. The molecule has 1 saturated heterocycles. The van der Waals surface area contributed by atoms with Gasteiger partial charge in [-0.1, -0.05) is 0 Å². The Hall–Kier alpha value is -3.66. The molecule has 8 nitrogen and oxygen atoms in total. The first-order chi connectivity index (χ1) is 16.0. The summed E-state index contributed by atoms with van der Waals surface area (Å²) in [5.41, 5.74) is 1.48. The molecule has 5 rings (SSSR count). The smallest absolute Gasteiger partial charge is 0.261 e. The number of H-pyrrole nitrogens is 2. The minimum atomic E-state index is -1.00. The third-order valence-corrected chi connectivity index (χ3v) is 5.92. The second-order valence-corrected chi connectivity index (χ2v) is 8.01. The molecule has 1 fully saturated rings. The molecule has 1 atom stereocenters. The number of hydrogen-bond acceptors (Lipinski definition) is 6. The minimum Gasteiger partial charge on any atom is -0.493 e. The van der Waals surface area contributed by atoms with Crippen molar-refractivity contribution in [2.45, 2.75) is 18.9 Å². The second kappa shape index (κ2) is 8.36. The number of aromatic nitrogens is 3. The van der Waals surface area contributed by atoms with Crippen molar-refractivity contribution in [3.63, 3.8) is 0 Å². The molecule has 0 spiro atoms. The van der Waals surface area contributed by atoms with E-state index < -0.39 is 17.2 Å². The average Bonchev–Trinajstić information content (AvgIpc) is 3.21. The maximum absolute atomic E-state index is 13.8. The summed E-state index contributed by atoms with van der Waals surface area (Å²) in [5, 5.41) is 7.55. The van der Waals surface area contributed by atoms with Gasteiger partial charge in [-0.3, -0.25) is 4.79 Å². The van der Waals surface area contributed by atoms with E-state index in [-0.39, 0.29) is 22.9 Å². The van der Waals surface area contributed by atoms with Crippen LogP contribution in [0.2, 0.25) is 0 Å². The number of pyridine rings is 1. The highest BCUT2D eigenvalue weighted by atomic mass is 19.2. The molecule has 172 valence electrons. The van der Waals surface area contributed by atoms with Gasteiger partial charge in [0, 0.05) is 36.2 Å². The number of imidazole rings is 1. The van der Waals surface area contributed by atoms with Crippen molar-refractivity contribution in [2.75, 3.05) is 32.6 Å². The lowest BCUT2D eigenvalue weighted by Gasteiger charge is -2.26. The number of anilines is 1. The minimum absolute atomic E-state index is 0.0786. The van der Waals surface area contributed by atoms with Crippen LogP contribution in [0.3, 0.4) is 0 Å². The predicted molar refractivity (Wildman–Crippen MR) is 122 cm³/mol. The maximum atomic E-state index is 13.8. The number of rotatable bonds is 5. The van der Waals surface area contributed by atoms with Crippen LogP contribution in [0.25, 0.3) is 33.3 Å². The van der Waals surface area contributed by atoms with E-state index in [2.05, 4.69) is 25.6 Å². The molecule has 2 aromatic carbocycles. The van der Waals surface area contributed by atoms with Crippen LogP contribution < -0.4 is 25.7 Å². The molecule has 0 aliphatic carbocycles. The van der Waals surface area contributed by atoms with Crippen LogP contribution in [0.15, 0.2) is 29.1 Å². The van der Waals surface area contributed by atoms with E-state index in [1.165, 1.54) is 14.2 Å². The Bertz CT molecular complexity index is 1370. The Morgan fingerprint density at radius 1 is 1.03 bits per heavy atom. The van der Waals surface area contributed by atoms with Gasteiger partial charge in [0.05, 0.1) is 36.5 Å². The molecule has 1 unspecified atom stereocenters. The van der Waals surface area contributed by atoms with Crippen molar-refractivity contribution in [3.8, 4) is 22.9 Å². The third-order valence-electron chi connectivity index (χ3n) is 5.92. The van der Waals surface area contributed by atoms with Gasteiger partial charge in [-0.15, -0.1) is 0 Å². The van der Waals surface area contributed by atoms with E-state index in [9.17, 15) is 13.6 Å². The number of aromatic amines is 2. The highest BCUT2D eigenvalue weighted by molar-refractivity contribution is 6.00. The van der Waals surface area contributed by atoms with E-state index in [1.807, 2.05) is 0 Å². The third kappa shape index (κ3) is 3.76. The first-order valence-electron chi connectivity index (χ1n) is 10.6. The molecule has 4 N–H and O–H groups in total. The van der Waals surface area contributed by atoms with Crippen LogP contribution in [0.1, 0.15) is 12.8 Å². The number of halogens is 2. The predicted octanol–water partition coefficient (Wildman–Crippen LogP) is 3.53. The van der Waals surface area contributed by atoms with E-state index in [1.54, 1.807) is 12.1 Å². The van der Waals surface area contributed by atoms with Gasteiger partial charge < -0.3 is 30.1 Å². The van der Waals surface area contributed by atoms with Crippen molar-refractivity contribution >= 4 is 27.6 Å². The second-order valence-electron chi connectivity index (χ2n) is 8.01. The fourth-order valence-electron chi connectivity index (χ4n) is 4.30. The highest BCUT2D eigenvalue weighted by Gasteiger charge is 2.23. The summed E-state index contributed by atoms with van der Waals surface area (Å²) in [4.78, 5) is 23.5. The molecule has 33 heavy (non-hydrogen) atoms. The number of fused-ring (bicyclic) bond motifs is 2. The summed E-state index contributed by atoms with van der Waals surface area (Å²) in [5.74, 6) is -0.806. The number of nitrogens with one attached hydrogen (secondary N) is 4. The number of hydrogen-bond donors (Lipinski definition) is 4. The fraction of sp³-hybridized carbons (Fsp3) is 0.304. The first kappa shape index (κ1) is 21.2. The van der Waals surface area contributed by atoms with E-state index >= 15 is 0 Å². The first-order valence-corrected chi connectivity index (χ1v) is 10.6. The van der Waals surface area contributed by atoms with Crippen LogP contribution in [0.4, 0.5) is 14.5 Å². The SMILES string of the molecule is COc1cc2[nH]c(=O)c(-c3nc4cc(F)c(F)cc4[nH]3)c(NC3CCCNC3)c2cc1OC. The van der Waals surface area contributed by atoms with Crippen molar-refractivity contribution in [1.29, 1.82) is 0 Å². The van der Waals surface area contributed by atoms with Gasteiger partial charge in [0.1, 0.15) is 11.4 Å². The van der Waals surface area contributed by atoms with Gasteiger partial charge in [0.2, 0.25) is 0 Å². The normalized spacial score (nSPS) is 16.3. The van der Waals surface area contributed by atoms with Crippen molar-refractivity contribution in [1.82, 2.24) is 20.3 Å². The summed E-state index contributed by atoms with van der Waals surface area (Å²) in [6.07, 6.45) is 1.92. The molecular formula is C23H23F2N5O3. The molecule has 0 amide bonds. The Morgan fingerprint density at radius 3 is 2.52 bits per heavy atom. The molecular weight excluding hydrogens is 432 g/mol. The van der Waals surface area contributed by atoms with E-state index in [0.29, 0.717) is 33.6 Å². The maximum Gasteiger partial charge on any atom is 0.261 e. The highest BCUT2D eigenvalue weighted by Crippen LogP contribution is 2.38. The lowest BCUT2D eigenvalue weighted by molar-refractivity contribution is 0.356. The van der Waals surface area contributed by atoms with Crippen molar-refractivity contribution in [2.24, 2.45) is 0 Å². The molecule has 0 radical (unpaired) electrons. The molecule has 1 aliphatic heterocycles. The van der Waals surface area contributed by atoms with Crippen LogP contribution in [-0.4, -0.2) is 48.3 Å². The summed E-state index contributed by atoms with van der Waals surface area (Å²) in [6, 6.07) is 5.60. The number of benzene rings is 2.